The molecule has 0 unspecified atom stereocenters. The zero-order valence-electron chi connectivity index (χ0n) is 12.4. The second-order valence-corrected chi connectivity index (χ2v) is 5.64. The highest BCUT2D eigenvalue weighted by atomic mass is 32.1. The molecular formula is C15H21N3O2S. The van der Waals surface area contributed by atoms with E-state index in [2.05, 4.69) is 15.6 Å². The molecule has 0 atom stereocenters. The topological polar surface area (TPSA) is 63.2 Å². The Morgan fingerprint density at radius 2 is 2.19 bits per heavy atom. The first-order valence-corrected chi connectivity index (χ1v) is 8.08. The highest BCUT2D eigenvalue weighted by Gasteiger charge is 2.06. The van der Waals surface area contributed by atoms with Crippen molar-refractivity contribution in [1.29, 1.82) is 0 Å². The molecule has 1 amide bonds. The number of rotatable bonds is 8. The summed E-state index contributed by atoms with van der Waals surface area (Å²) in [6, 6.07) is 5.87. The molecule has 0 saturated carbocycles. The van der Waals surface area contributed by atoms with E-state index < -0.39 is 0 Å². The Hall–Kier alpha value is -1.82. The van der Waals surface area contributed by atoms with Gasteiger partial charge in [-0.25, -0.2) is 4.98 Å². The minimum absolute atomic E-state index is 0.0732. The number of benzene rings is 1. The Kier molecular flexibility index (Phi) is 5.80. The summed E-state index contributed by atoms with van der Waals surface area (Å²) in [5, 5.41) is 6.89. The molecular weight excluding hydrogens is 286 g/mol. The minimum Gasteiger partial charge on any atom is -0.494 e. The second-order valence-electron chi connectivity index (χ2n) is 4.61. The number of ether oxygens (including phenoxy) is 1. The fourth-order valence-electron chi connectivity index (χ4n) is 1.87. The van der Waals surface area contributed by atoms with Crippen molar-refractivity contribution in [3.8, 4) is 5.75 Å². The Balaban J connectivity index is 1.89. The van der Waals surface area contributed by atoms with Gasteiger partial charge >= 0.3 is 0 Å². The zero-order chi connectivity index (χ0) is 15.1. The van der Waals surface area contributed by atoms with Crippen molar-refractivity contribution in [2.24, 2.45) is 0 Å². The van der Waals surface area contributed by atoms with Crippen molar-refractivity contribution in [1.82, 2.24) is 10.3 Å². The molecule has 0 aliphatic carbocycles. The van der Waals surface area contributed by atoms with E-state index in [1.54, 1.807) is 11.3 Å². The van der Waals surface area contributed by atoms with E-state index in [0.717, 1.165) is 34.1 Å². The number of nitrogens with one attached hydrogen (secondary N) is 2. The van der Waals surface area contributed by atoms with Crippen molar-refractivity contribution < 1.29 is 9.53 Å². The lowest BCUT2D eigenvalue weighted by Crippen LogP contribution is -2.25. The Morgan fingerprint density at radius 1 is 1.33 bits per heavy atom. The van der Waals surface area contributed by atoms with Gasteiger partial charge in [0.25, 0.3) is 0 Å². The zero-order valence-corrected chi connectivity index (χ0v) is 13.3. The van der Waals surface area contributed by atoms with Gasteiger partial charge < -0.3 is 15.4 Å². The summed E-state index contributed by atoms with van der Waals surface area (Å²) in [5.74, 6) is 0.934. The van der Waals surface area contributed by atoms with Crippen LogP contribution in [0.2, 0.25) is 0 Å². The van der Waals surface area contributed by atoms with Crippen LogP contribution in [0.25, 0.3) is 10.2 Å². The van der Waals surface area contributed by atoms with Crippen LogP contribution in [-0.2, 0) is 4.79 Å². The summed E-state index contributed by atoms with van der Waals surface area (Å²) in [7, 11) is 0. The average molecular weight is 307 g/mol. The number of carbonyl (C=O) groups excluding carboxylic acids is 1. The molecule has 2 aromatic rings. The van der Waals surface area contributed by atoms with Gasteiger partial charge in [0.05, 0.1) is 16.8 Å². The SMILES string of the molecule is CCCNC(=O)CCNc1nc2ccc(OCC)cc2s1. The quantitative estimate of drug-likeness (QED) is 0.787. The fourth-order valence-corrected chi connectivity index (χ4v) is 2.79. The lowest BCUT2D eigenvalue weighted by molar-refractivity contribution is -0.120. The molecule has 0 aliphatic rings. The maximum Gasteiger partial charge on any atom is 0.221 e. The summed E-state index contributed by atoms with van der Waals surface area (Å²) in [5.41, 5.74) is 0.946. The molecule has 2 N–H and O–H groups in total. The summed E-state index contributed by atoms with van der Waals surface area (Å²) >= 11 is 1.57. The van der Waals surface area contributed by atoms with Crippen LogP contribution in [0.5, 0.6) is 5.75 Å². The van der Waals surface area contributed by atoms with Crippen molar-refractivity contribution in [3.63, 3.8) is 0 Å². The minimum atomic E-state index is 0.0732. The number of carbonyl (C=O) groups is 1. The summed E-state index contributed by atoms with van der Waals surface area (Å²) in [6.45, 7) is 5.99. The van der Waals surface area contributed by atoms with Crippen LogP contribution in [-0.4, -0.2) is 30.6 Å². The smallest absolute Gasteiger partial charge is 0.221 e. The van der Waals surface area contributed by atoms with Crippen LogP contribution >= 0.6 is 11.3 Å². The first-order valence-electron chi connectivity index (χ1n) is 7.27. The number of anilines is 1. The molecule has 1 heterocycles. The van der Waals surface area contributed by atoms with Gasteiger partial charge in [-0.15, -0.1) is 0 Å². The standard InChI is InChI=1S/C15H21N3O2S/c1-3-8-16-14(19)7-9-17-15-18-12-6-5-11(20-4-2)10-13(12)21-15/h5-6,10H,3-4,7-9H2,1-2H3,(H,16,19)(H,17,18). The van der Waals surface area contributed by atoms with Gasteiger partial charge in [-0.05, 0) is 31.5 Å². The summed E-state index contributed by atoms with van der Waals surface area (Å²) in [6.07, 6.45) is 1.42. The number of hydrogen-bond donors (Lipinski definition) is 2. The highest BCUT2D eigenvalue weighted by molar-refractivity contribution is 7.22. The van der Waals surface area contributed by atoms with Crippen LogP contribution in [0.1, 0.15) is 26.7 Å². The van der Waals surface area contributed by atoms with Crippen molar-refractivity contribution in [3.05, 3.63) is 18.2 Å². The molecule has 114 valence electrons. The average Bonchev–Trinajstić information content (AvgIpc) is 2.87. The second kappa shape index (κ2) is 7.83. The number of hydrogen-bond acceptors (Lipinski definition) is 5. The van der Waals surface area contributed by atoms with Gasteiger partial charge in [-0.3, -0.25) is 4.79 Å². The third-order valence-corrected chi connectivity index (χ3v) is 3.85. The van der Waals surface area contributed by atoms with Crippen LogP contribution in [0.15, 0.2) is 18.2 Å². The van der Waals surface area contributed by atoms with E-state index in [4.69, 9.17) is 4.74 Å². The van der Waals surface area contributed by atoms with Crippen molar-refractivity contribution in [2.75, 3.05) is 25.0 Å². The van der Waals surface area contributed by atoms with Gasteiger partial charge in [0.15, 0.2) is 5.13 Å². The molecule has 1 aromatic heterocycles. The monoisotopic (exact) mass is 307 g/mol. The normalized spacial score (nSPS) is 10.6. The van der Waals surface area contributed by atoms with Gasteiger partial charge in [0.2, 0.25) is 5.91 Å². The first-order chi connectivity index (χ1) is 10.2. The Bertz CT molecular complexity index is 598. The Morgan fingerprint density at radius 3 is 2.95 bits per heavy atom. The van der Waals surface area contributed by atoms with Crippen LogP contribution in [0.3, 0.4) is 0 Å². The number of aromatic nitrogens is 1. The predicted molar refractivity (Wildman–Crippen MR) is 87.2 cm³/mol. The van der Waals surface area contributed by atoms with E-state index in [9.17, 15) is 4.79 Å². The van der Waals surface area contributed by atoms with Crippen LogP contribution < -0.4 is 15.4 Å². The molecule has 0 spiro atoms. The van der Waals surface area contributed by atoms with Crippen LogP contribution in [0.4, 0.5) is 5.13 Å². The lowest BCUT2D eigenvalue weighted by atomic mass is 10.3. The van der Waals surface area contributed by atoms with E-state index in [-0.39, 0.29) is 5.91 Å². The summed E-state index contributed by atoms with van der Waals surface area (Å²) < 4.78 is 6.56. The number of nitrogens with zero attached hydrogens (tertiary/aromatic N) is 1. The maximum atomic E-state index is 11.5. The van der Waals surface area contributed by atoms with E-state index >= 15 is 0 Å². The number of thiazole rings is 1. The van der Waals surface area contributed by atoms with Gasteiger partial charge in [0.1, 0.15) is 5.75 Å². The Labute approximate surface area is 128 Å². The molecule has 0 saturated heterocycles. The van der Waals surface area contributed by atoms with Crippen molar-refractivity contribution in [2.45, 2.75) is 26.7 Å². The fraction of sp³-hybridized carbons (Fsp3) is 0.467. The van der Waals surface area contributed by atoms with Gasteiger partial charge in [0, 0.05) is 19.5 Å². The van der Waals surface area contributed by atoms with Crippen LogP contribution in [0, 0.1) is 0 Å². The summed E-state index contributed by atoms with van der Waals surface area (Å²) in [4.78, 5) is 16.0. The predicted octanol–water partition coefficient (Wildman–Crippen LogP) is 3.02. The lowest BCUT2D eigenvalue weighted by Gasteiger charge is -2.03. The molecule has 6 heteroatoms. The van der Waals surface area contributed by atoms with Gasteiger partial charge in [-0.1, -0.05) is 18.3 Å². The van der Waals surface area contributed by atoms with Gasteiger partial charge in [-0.2, -0.15) is 0 Å². The molecule has 1 aromatic carbocycles. The van der Waals surface area contributed by atoms with E-state index in [0.29, 0.717) is 19.6 Å². The first kappa shape index (κ1) is 15.6. The molecule has 2 rings (SSSR count). The third kappa shape index (κ3) is 4.60. The number of fused-ring (bicyclic) bond motifs is 1. The molecule has 0 bridgehead atoms. The molecule has 0 fully saturated rings. The molecule has 0 radical (unpaired) electrons. The maximum absolute atomic E-state index is 11.5. The third-order valence-electron chi connectivity index (χ3n) is 2.87. The van der Waals surface area contributed by atoms with E-state index in [1.165, 1.54) is 0 Å². The molecule has 5 nitrogen and oxygen atoms in total. The highest BCUT2D eigenvalue weighted by Crippen LogP contribution is 2.29. The molecule has 0 aliphatic heterocycles. The van der Waals surface area contributed by atoms with E-state index in [1.807, 2.05) is 32.0 Å². The number of amides is 1. The van der Waals surface area contributed by atoms with Crippen molar-refractivity contribution >= 4 is 32.6 Å². The molecule has 21 heavy (non-hydrogen) atoms. The largest absolute Gasteiger partial charge is 0.494 e.